The van der Waals surface area contributed by atoms with Gasteiger partial charge in [-0.15, -0.1) is 0 Å². The molecule has 11 atom stereocenters. The van der Waals surface area contributed by atoms with Crippen molar-refractivity contribution in [1.29, 1.82) is 0 Å². The SMILES string of the molecule is CO[C@@H](C[C@@H]1CC[C@@H](C)[C@](O)(C(=O)C(=O)N2CCCC[C@H]2C(=O)OC[C@H](C)C[C@H]2CC[C@H](O)CC2)O1)/C(C)=C/C=C/C=C/[C@@H](C)C[C@H](C)C(=O)C[C@H](O)/C(C)=C/[C@@H](C)C(=O)CC(C)O. The molecule has 13 nitrogen and oxygen atoms in total. The maximum Gasteiger partial charge on any atom is 0.328 e. The van der Waals surface area contributed by atoms with Gasteiger partial charge in [-0.2, -0.15) is 0 Å². The number of carbonyl (C=O) groups is 5. The second-order valence-corrected chi connectivity index (χ2v) is 19.6. The average molecular weight is 900 g/mol. The van der Waals surface area contributed by atoms with E-state index < -0.39 is 65.7 Å². The predicted molar refractivity (Wildman–Crippen MR) is 246 cm³/mol. The number of aliphatic hydroxyl groups excluding tert-OH is 3. The van der Waals surface area contributed by atoms with E-state index in [1.54, 1.807) is 40.9 Å². The molecular weight excluding hydrogens is 819 g/mol. The zero-order valence-corrected chi connectivity index (χ0v) is 40.2. The first-order chi connectivity index (χ1) is 30.2. The Hall–Kier alpha value is -3.33. The summed E-state index contributed by atoms with van der Waals surface area (Å²) in [7, 11) is 1.58. The molecule has 3 fully saturated rings. The van der Waals surface area contributed by atoms with E-state index in [4.69, 9.17) is 14.2 Å². The molecule has 1 unspecified atom stereocenters. The smallest absolute Gasteiger partial charge is 0.328 e. The number of Topliss-reactive ketones (excluding diaryl/α,β-unsaturated/α-hetero) is 3. The van der Waals surface area contributed by atoms with Crippen molar-refractivity contribution in [2.24, 2.45) is 35.5 Å². The highest BCUT2D eigenvalue weighted by atomic mass is 16.6. The molecule has 0 aromatic heterocycles. The minimum absolute atomic E-state index is 0.0353. The zero-order chi connectivity index (χ0) is 47.7. The number of nitrogens with zero attached hydrogens (tertiary/aromatic N) is 1. The number of esters is 1. The first kappa shape index (κ1) is 55.0. The van der Waals surface area contributed by atoms with Crippen LogP contribution in [0.1, 0.15) is 145 Å². The summed E-state index contributed by atoms with van der Waals surface area (Å²) < 4.78 is 17.6. The van der Waals surface area contributed by atoms with Gasteiger partial charge in [0.2, 0.25) is 5.79 Å². The number of hydrogen-bond donors (Lipinski definition) is 4. The number of methoxy groups -OCH3 is 1. The Labute approximate surface area is 382 Å². The Kier molecular flexibility index (Phi) is 23.0. The summed E-state index contributed by atoms with van der Waals surface area (Å²) >= 11 is 0. The quantitative estimate of drug-likeness (QED) is 0.0338. The molecule has 4 N–H and O–H groups in total. The lowest BCUT2D eigenvalue weighted by Gasteiger charge is -2.42. The summed E-state index contributed by atoms with van der Waals surface area (Å²) in [4.78, 5) is 67.5. The number of piperidine rings is 1. The molecule has 3 rings (SSSR count). The van der Waals surface area contributed by atoms with E-state index in [2.05, 4.69) is 0 Å². The highest BCUT2D eigenvalue weighted by molar-refractivity contribution is 6.39. The fourth-order valence-corrected chi connectivity index (χ4v) is 9.28. The molecule has 0 spiro atoms. The number of likely N-dealkylation sites (tertiary alicyclic amines) is 1. The lowest BCUT2D eigenvalue weighted by molar-refractivity contribution is -0.265. The minimum atomic E-state index is -2.36. The standard InChI is InChI=1S/C51H81NO12/c1-32(25-35(4)45(56)30-46(57)37(6)27-36(5)44(55)28-39(8)53)15-11-10-12-16-34(3)47(62-9)29-42-23-18-38(7)51(61,64-42)48(58)49(59)52-24-14-13-17-43(52)50(60)63-31-33(2)26-40-19-21-41(54)22-20-40/h10-12,15-16,27,32-33,35-36,38-43,46-47,53-54,57,61H,13-14,17-26,28-31H2,1-9H3/b12-10+,15-11+,34-16+,37-27+/t32-,33-,35+,36-,38-,39?,40-,41-,42+,43+,46+,47+,51-/m1/s1. The monoisotopic (exact) mass is 900 g/mol. The first-order valence-electron chi connectivity index (χ1n) is 23.9. The molecule has 13 heteroatoms. The van der Waals surface area contributed by atoms with Gasteiger partial charge in [0.05, 0.1) is 37.1 Å². The van der Waals surface area contributed by atoms with Crippen LogP contribution in [-0.2, 0) is 38.2 Å². The van der Waals surface area contributed by atoms with Gasteiger partial charge in [-0.05, 0) is 120 Å². The van der Waals surface area contributed by atoms with E-state index >= 15 is 0 Å². The van der Waals surface area contributed by atoms with Gasteiger partial charge in [0.15, 0.2) is 0 Å². The van der Waals surface area contributed by atoms with Crippen molar-refractivity contribution in [3.63, 3.8) is 0 Å². The van der Waals surface area contributed by atoms with E-state index in [1.165, 1.54) is 4.90 Å². The van der Waals surface area contributed by atoms with Crippen LogP contribution < -0.4 is 0 Å². The van der Waals surface area contributed by atoms with Gasteiger partial charge in [-0.25, -0.2) is 4.79 Å². The van der Waals surface area contributed by atoms with Gasteiger partial charge < -0.3 is 39.5 Å². The van der Waals surface area contributed by atoms with E-state index in [0.717, 1.165) is 37.7 Å². The van der Waals surface area contributed by atoms with Crippen LogP contribution in [-0.4, -0.2) is 117 Å². The van der Waals surface area contributed by atoms with Gasteiger partial charge in [0.1, 0.15) is 17.6 Å². The zero-order valence-electron chi connectivity index (χ0n) is 40.2. The largest absolute Gasteiger partial charge is 0.464 e. The van der Waals surface area contributed by atoms with Crippen molar-refractivity contribution in [3.8, 4) is 0 Å². The summed E-state index contributed by atoms with van der Waals surface area (Å²) in [6.45, 7) is 14.9. The van der Waals surface area contributed by atoms with Gasteiger partial charge in [0, 0.05) is 50.7 Å². The van der Waals surface area contributed by atoms with Crippen molar-refractivity contribution in [3.05, 3.63) is 47.6 Å². The van der Waals surface area contributed by atoms with Crippen LogP contribution in [0.2, 0.25) is 0 Å². The third-order valence-corrected chi connectivity index (χ3v) is 13.6. The van der Waals surface area contributed by atoms with Crippen LogP contribution in [0.5, 0.6) is 0 Å². The van der Waals surface area contributed by atoms with E-state index in [-0.39, 0.29) is 61.4 Å². The van der Waals surface area contributed by atoms with Crippen LogP contribution in [0.4, 0.5) is 0 Å². The molecule has 2 heterocycles. The summed E-state index contributed by atoms with van der Waals surface area (Å²) in [6, 6.07) is -0.912. The number of carbonyl (C=O) groups excluding carboxylic acids is 5. The number of hydrogen-bond acceptors (Lipinski definition) is 12. The second kappa shape index (κ2) is 26.7. The fourth-order valence-electron chi connectivity index (χ4n) is 9.28. The summed E-state index contributed by atoms with van der Waals surface area (Å²) in [6.07, 6.45) is 16.4. The van der Waals surface area contributed by atoms with E-state index in [0.29, 0.717) is 56.4 Å². The molecule has 0 aromatic carbocycles. The Morgan fingerprint density at radius 2 is 1.53 bits per heavy atom. The molecule has 64 heavy (non-hydrogen) atoms. The van der Waals surface area contributed by atoms with Crippen molar-refractivity contribution in [2.45, 2.75) is 188 Å². The highest BCUT2D eigenvalue weighted by Crippen LogP contribution is 2.37. The van der Waals surface area contributed by atoms with Crippen LogP contribution in [0.25, 0.3) is 0 Å². The molecule has 2 aliphatic heterocycles. The van der Waals surface area contributed by atoms with Gasteiger partial charge in [-0.1, -0.05) is 71.1 Å². The topological polar surface area (TPSA) is 197 Å². The number of rotatable bonds is 24. The molecule has 0 bridgehead atoms. The third kappa shape index (κ3) is 17.1. The molecule has 1 aliphatic carbocycles. The molecule has 3 aliphatic rings. The summed E-state index contributed by atoms with van der Waals surface area (Å²) in [5.74, 6) is -5.79. The third-order valence-electron chi connectivity index (χ3n) is 13.6. The van der Waals surface area contributed by atoms with Crippen molar-refractivity contribution < 1.29 is 58.6 Å². The number of allylic oxidation sites excluding steroid dienone is 6. The molecule has 2 saturated heterocycles. The molecule has 0 radical (unpaired) electrons. The maximum absolute atomic E-state index is 13.9. The lowest BCUT2D eigenvalue weighted by Crippen LogP contribution is -2.60. The van der Waals surface area contributed by atoms with E-state index in [9.17, 15) is 44.4 Å². The first-order valence-corrected chi connectivity index (χ1v) is 23.9. The lowest BCUT2D eigenvalue weighted by atomic mass is 9.82. The molecule has 362 valence electrons. The molecule has 0 aromatic rings. The maximum atomic E-state index is 13.9. The van der Waals surface area contributed by atoms with Crippen LogP contribution in [0.3, 0.4) is 0 Å². The number of amides is 1. The Morgan fingerprint density at radius 1 is 0.844 bits per heavy atom. The van der Waals surface area contributed by atoms with Crippen molar-refractivity contribution in [2.75, 3.05) is 20.3 Å². The highest BCUT2D eigenvalue weighted by Gasteiger charge is 2.53. The average Bonchev–Trinajstić information content (AvgIpc) is 3.25. The molecule has 1 amide bonds. The summed E-state index contributed by atoms with van der Waals surface area (Å²) in [5.41, 5.74) is 1.45. The van der Waals surface area contributed by atoms with Crippen molar-refractivity contribution in [1.82, 2.24) is 4.90 Å². The van der Waals surface area contributed by atoms with Gasteiger partial charge in [0.25, 0.3) is 11.7 Å². The van der Waals surface area contributed by atoms with Crippen LogP contribution in [0, 0.1) is 35.5 Å². The Morgan fingerprint density at radius 3 is 2.19 bits per heavy atom. The molecule has 1 saturated carbocycles. The van der Waals surface area contributed by atoms with Gasteiger partial charge >= 0.3 is 5.97 Å². The Bertz CT molecular complexity index is 1660. The predicted octanol–water partition coefficient (Wildman–Crippen LogP) is 6.93. The van der Waals surface area contributed by atoms with Crippen LogP contribution >= 0.6 is 0 Å². The summed E-state index contributed by atoms with van der Waals surface area (Å²) in [5, 5.41) is 41.7. The van der Waals surface area contributed by atoms with Crippen molar-refractivity contribution >= 4 is 29.2 Å². The van der Waals surface area contributed by atoms with Crippen LogP contribution in [0.15, 0.2) is 47.6 Å². The van der Waals surface area contributed by atoms with Gasteiger partial charge in [-0.3, -0.25) is 19.2 Å². The van der Waals surface area contributed by atoms with E-state index in [1.807, 2.05) is 58.1 Å². The normalized spacial score (nSPS) is 28.3. The number of ketones is 3. The molecular formula is C51H81NO12. The second-order valence-electron chi connectivity index (χ2n) is 19.6. The Balaban J connectivity index is 1.52. The number of ether oxygens (including phenoxy) is 3. The fraction of sp³-hybridized carbons (Fsp3) is 0.745. The number of aliphatic hydroxyl groups is 4. The minimum Gasteiger partial charge on any atom is -0.464 e.